The number of hydrogen-bond acceptors (Lipinski definition) is 8. The van der Waals surface area contributed by atoms with Crippen LogP contribution in [0.4, 0.5) is 11.4 Å². The molecule has 0 saturated carbocycles. The number of allylic oxidation sites excluding steroid dienone is 2. The monoisotopic (exact) mass is 562 g/mol. The van der Waals surface area contributed by atoms with Gasteiger partial charge in [0.15, 0.2) is 0 Å². The Morgan fingerprint density at radius 1 is 1.20 bits per heavy atom. The SMILES string of the molecule is CCCC1=C2[C@@H](CC/C(=C/c3ccc(CO)o3)CC)OB(O)C[C@@H]2[C@@H]2C(=O)N(c3cccc([N+](=O)[O-])c3)C(=O)[C@@H]2C1. The Labute approximate surface area is 239 Å². The Balaban J connectivity index is 1.44. The highest BCUT2D eigenvalue weighted by molar-refractivity contribution is 6.43. The lowest BCUT2D eigenvalue weighted by molar-refractivity contribution is -0.384. The Hall–Kier alpha value is -3.54. The van der Waals surface area contributed by atoms with Crippen LogP contribution in [0.2, 0.25) is 6.32 Å². The van der Waals surface area contributed by atoms with Crippen molar-refractivity contribution in [1.29, 1.82) is 0 Å². The van der Waals surface area contributed by atoms with Crippen LogP contribution in [0, 0.1) is 27.9 Å². The number of hydrogen-bond donors (Lipinski definition) is 2. The maximum atomic E-state index is 13.9. The fraction of sp³-hybridized carbons (Fsp3) is 0.467. The second-order valence-electron chi connectivity index (χ2n) is 11.0. The number of nitrogens with zero attached hydrogens (tertiary/aromatic N) is 2. The number of carbonyl (C=O) groups is 2. The summed E-state index contributed by atoms with van der Waals surface area (Å²) in [5.41, 5.74) is 3.27. The van der Waals surface area contributed by atoms with E-state index in [-0.39, 0.29) is 42.0 Å². The zero-order chi connectivity index (χ0) is 29.3. The molecule has 216 valence electrons. The van der Waals surface area contributed by atoms with E-state index in [0.29, 0.717) is 30.8 Å². The molecule has 2 aliphatic heterocycles. The Kier molecular flexibility index (Phi) is 8.58. The van der Waals surface area contributed by atoms with Crippen LogP contribution in [0.25, 0.3) is 6.08 Å². The van der Waals surface area contributed by atoms with Crippen LogP contribution < -0.4 is 4.90 Å². The van der Waals surface area contributed by atoms with Gasteiger partial charge in [0.05, 0.1) is 28.6 Å². The zero-order valence-corrected chi connectivity index (χ0v) is 23.3. The molecule has 11 heteroatoms. The van der Waals surface area contributed by atoms with Gasteiger partial charge in [-0.3, -0.25) is 19.7 Å². The first kappa shape index (κ1) is 29.0. The molecule has 1 aromatic heterocycles. The number of nitro groups is 1. The van der Waals surface area contributed by atoms with Crippen molar-refractivity contribution >= 4 is 36.4 Å². The molecule has 3 aliphatic rings. The summed E-state index contributed by atoms with van der Waals surface area (Å²) in [5, 5.41) is 31.4. The van der Waals surface area contributed by atoms with Crippen molar-refractivity contribution in [3.63, 3.8) is 0 Å². The van der Waals surface area contributed by atoms with E-state index in [1.165, 1.54) is 18.2 Å². The van der Waals surface area contributed by atoms with E-state index in [1.54, 1.807) is 12.1 Å². The maximum absolute atomic E-state index is 13.9. The number of aliphatic hydroxyl groups excluding tert-OH is 1. The quantitative estimate of drug-likeness (QED) is 0.135. The minimum Gasteiger partial charge on any atom is -0.459 e. The van der Waals surface area contributed by atoms with Gasteiger partial charge in [0.25, 0.3) is 5.69 Å². The van der Waals surface area contributed by atoms with Crippen LogP contribution in [0.5, 0.6) is 0 Å². The molecule has 2 N–H and O–H groups in total. The van der Waals surface area contributed by atoms with Crippen molar-refractivity contribution in [3.05, 3.63) is 74.8 Å². The molecule has 10 nitrogen and oxygen atoms in total. The molecule has 3 heterocycles. The van der Waals surface area contributed by atoms with Gasteiger partial charge in [-0.1, -0.05) is 37.5 Å². The van der Waals surface area contributed by atoms with E-state index in [9.17, 15) is 29.8 Å². The highest BCUT2D eigenvalue weighted by Gasteiger charge is 2.57. The van der Waals surface area contributed by atoms with E-state index in [1.807, 2.05) is 12.1 Å². The van der Waals surface area contributed by atoms with Crippen LogP contribution in [0.3, 0.4) is 0 Å². The third-order valence-electron chi connectivity index (χ3n) is 8.52. The molecule has 1 aliphatic carbocycles. The van der Waals surface area contributed by atoms with Gasteiger partial charge in [-0.25, -0.2) is 4.90 Å². The summed E-state index contributed by atoms with van der Waals surface area (Å²) in [7, 11) is -1.07. The number of rotatable bonds is 10. The van der Waals surface area contributed by atoms with Crippen LogP contribution in [0.15, 0.2) is 57.5 Å². The molecule has 5 rings (SSSR count). The summed E-state index contributed by atoms with van der Waals surface area (Å²) < 4.78 is 11.7. The van der Waals surface area contributed by atoms with Crippen LogP contribution in [0.1, 0.15) is 63.9 Å². The first-order valence-corrected chi connectivity index (χ1v) is 14.3. The summed E-state index contributed by atoms with van der Waals surface area (Å²) in [4.78, 5) is 39.4. The smallest absolute Gasteiger partial charge is 0.455 e. The number of aliphatic hydroxyl groups is 1. The molecule has 0 unspecified atom stereocenters. The van der Waals surface area contributed by atoms with Gasteiger partial charge in [0.2, 0.25) is 11.8 Å². The molecule has 0 spiro atoms. The Bertz CT molecular complexity index is 1400. The normalized spacial score (nSPS) is 24.6. The maximum Gasteiger partial charge on any atom is 0.455 e. The van der Waals surface area contributed by atoms with Gasteiger partial charge in [0.1, 0.15) is 18.1 Å². The Morgan fingerprint density at radius 3 is 2.68 bits per heavy atom. The lowest BCUT2D eigenvalue weighted by atomic mass is 9.58. The number of anilines is 1. The lowest BCUT2D eigenvalue weighted by Gasteiger charge is -2.43. The first-order valence-electron chi connectivity index (χ1n) is 14.3. The van der Waals surface area contributed by atoms with Gasteiger partial charge in [-0.15, -0.1) is 0 Å². The lowest BCUT2D eigenvalue weighted by Crippen LogP contribution is -2.46. The molecule has 0 radical (unpaired) electrons. The number of furan rings is 1. The van der Waals surface area contributed by atoms with Gasteiger partial charge in [-0.05, 0) is 74.2 Å². The highest BCUT2D eigenvalue weighted by Crippen LogP contribution is 2.52. The number of imide groups is 1. The first-order chi connectivity index (χ1) is 19.7. The predicted octanol–water partition coefficient (Wildman–Crippen LogP) is 5.06. The second kappa shape index (κ2) is 12.1. The van der Waals surface area contributed by atoms with Gasteiger partial charge >= 0.3 is 7.12 Å². The minimum atomic E-state index is -1.07. The topological polar surface area (TPSA) is 143 Å². The molecular weight excluding hydrogens is 527 g/mol. The van der Waals surface area contributed by atoms with E-state index < -0.39 is 30.0 Å². The number of carbonyl (C=O) groups excluding carboxylic acids is 2. The Morgan fingerprint density at radius 2 is 2.00 bits per heavy atom. The number of amides is 2. The second-order valence-corrected chi connectivity index (χ2v) is 11.0. The van der Waals surface area contributed by atoms with Gasteiger partial charge < -0.3 is 19.2 Å². The van der Waals surface area contributed by atoms with E-state index in [2.05, 4.69) is 13.8 Å². The minimum absolute atomic E-state index is 0.166. The van der Waals surface area contributed by atoms with Crippen molar-refractivity contribution in [2.75, 3.05) is 4.90 Å². The predicted molar refractivity (Wildman–Crippen MR) is 152 cm³/mol. The number of non-ortho nitro benzene ring substituents is 1. The van der Waals surface area contributed by atoms with Crippen molar-refractivity contribution in [2.24, 2.45) is 17.8 Å². The van der Waals surface area contributed by atoms with E-state index >= 15 is 0 Å². The molecular formula is C30H35BN2O8. The third kappa shape index (κ3) is 5.66. The molecule has 2 fully saturated rings. The van der Waals surface area contributed by atoms with Crippen molar-refractivity contribution in [3.8, 4) is 0 Å². The standard InChI is InChI=1S/C30H35BN2O8/c1-3-6-19-14-24-28(30(36)32(29(24)35)20-7-5-8-21(15-20)33(38)39)25-16-31(37)41-26(27(19)25)12-9-18(4-2)13-22-10-11-23(17-34)40-22/h5,7-8,10-11,13,15,24-26,28,34,37H,3-4,6,9,12,14,16-17H2,1-2H3/b18-13+/t24-,25+,26-,28-/m1/s1. The fourth-order valence-electron chi connectivity index (χ4n) is 6.73. The van der Waals surface area contributed by atoms with Crippen molar-refractivity contribution in [2.45, 2.75) is 71.4 Å². The van der Waals surface area contributed by atoms with Crippen LogP contribution >= 0.6 is 0 Å². The van der Waals surface area contributed by atoms with E-state index in [0.717, 1.165) is 40.9 Å². The molecule has 4 atom stereocenters. The average molecular weight is 562 g/mol. The average Bonchev–Trinajstić information content (AvgIpc) is 3.52. The van der Waals surface area contributed by atoms with Gasteiger partial charge in [-0.2, -0.15) is 0 Å². The summed E-state index contributed by atoms with van der Waals surface area (Å²) >= 11 is 0. The molecule has 41 heavy (non-hydrogen) atoms. The summed E-state index contributed by atoms with van der Waals surface area (Å²) in [6, 6.07) is 9.17. The summed E-state index contributed by atoms with van der Waals surface area (Å²) in [5.74, 6) is -1.14. The van der Waals surface area contributed by atoms with Crippen molar-refractivity contribution < 1.29 is 33.7 Å². The zero-order valence-electron chi connectivity index (χ0n) is 23.3. The largest absolute Gasteiger partial charge is 0.459 e. The number of fused-ring (bicyclic) bond motifs is 3. The van der Waals surface area contributed by atoms with Crippen LogP contribution in [-0.4, -0.2) is 40.1 Å². The number of benzene rings is 1. The number of nitro benzene ring substituents is 1. The molecule has 2 saturated heterocycles. The van der Waals surface area contributed by atoms with Gasteiger partial charge in [0, 0.05) is 12.1 Å². The van der Waals surface area contributed by atoms with Crippen molar-refractivity contribution in [1.82, 2.24) is 0 Å². The fourth-order valence-corrected chi connectivity index (χ4v) is 6.73. The summed E-state index contributed by atoms with van der Waals surface area (Å²) in [6.45, 7) is 3.96. The highest BCUT2D eigenvalue weighted by atomic mass is 16.6. The van der Waals surface area contributed by atoms with Crippen LogP contribution in [-0.2, 0) is 20.9 Å². The van der Waals surface area contributed by atoms with E-state index in [4.69, 9.17) is 9.07 Å². The molecule has 1 aromatic carbocycles. The summed E-state index contributed by atoms with van der Waals surface area (Å²) in [6.07, 6.45) is 5.89. The molecule has 2 aromatic rings. The third-order valence-corrected chi connectivity index (χ3v) is 8.52. The molecule has 2 amide bonds. The molecule has 0 bridgehead atoms.